The zero-order valence-corrected chi connectivity index (χ0v) is 19.5. The van der Waals surface area contributed by atoms with Gasteiger partial charge < -0.3 is 0 Å². The first kappa shape index (κ1) is 34.8. The second kappa shape index (κ2) is 9.05. The van der Waals surface area contributed by atoms with E-state index in [1.807, 2.05) is 6.08 Å². The van der Waals surface area contributed by atoms with Crippen LogP contribution in [0.15, 0.2) is 12.2 Å². The number of alkyl halides is 17. The molecule has 0 radical (unpaired) electrons. The van der Waals surface area contributed by atoms with Crippen LogP contribution in [0.3, 0.4) is 0 Å². The van der Waals surface area contributed by atoms with E-state index in [2.05, 4.69) is 11.4 Å². The lowest BCUT2D eigenvalue weighted by molar-refractivity contribution is -0.458. The fourth-order valence-corrected chi connectivity index (χ4v) is 4.51. The predicted octanol–water partition coefficient (Wildman–Crippen LogP) is 5.07. The van der Waals surface area contributed by atoms with Crippen LogP contribution in [0.1, 0.15) is 12.8 Å². The number of imide groups is 1. The van der Waals surface area contributed by atoms with E-state index < -0.39 is 62.5 Å². The maximum absolute atomic E-state index is 13.0. The van der Waals surface area contributed by atoms with E-state index in [4.69, 9.17) is 4.55 Å². The molecule has 3 rings (SSSR count). The van der Waals surface area contributed by atoms with Crippen LogP contribution in [0, 0.1) is 17.3 Å². The molecular weight excluding hydrogens is 653 g/mol. The van der Waals surface area contributed by atoms with Crippen molar-refractivity contribution in [3.63, 3.8) is 0 Å². The van der Waals surface area contributed by atoms with Gasteiger partial charge in [0.05, 0.1) is 0 Å². The first-order chi connectivity index (χ1) is 17.7. The Morgan fingerprint density at radius 1 is 0.659 bits per heavy atom. The molecule has 0 aromatic heterocycles. The molecule has 2 aliphatic carbocycles. The van der Waals surface area contributed by atoms with E-state index in [9.17, 15) is 92.6 Å². The monoisotopic (exact) mass is 663 g/mol. The van der Waals surface area contributed by atoms with Crippen LogP contribution in [0.5, 0.6) is 0 Å². The number of halogens is 17. The van der Waals surface area contributed by atoms with Crippen molar-refractivity contribution in [3.8, 4) is 0 Å². The Balaban J connectivity index is 0.000000394. The smallest absolute Gasteiger partial charge is 0.295 e. The Kier molecular flexibility index (Phi) is 7.68. The van der Waals surface area contributed by atoms with Crippen molar-refractivity contribution in [1.82, 2.24) is 5.32 Å². The van der Waals surface area contributed by atoms with E-state index in [1.54, 1.807) is 0 Å². The van der Waals surface area contributed by atoms with Crippen molar-refractivity contribution in [2.45, 2.75) is 59.8 Å². The number of hydrogen-bond donors (Lipinski definition) is 2. The van der Waals surface area contributed by atoms with Gasteiger partial charge in [0.2, 0.25) is 11.8 Å². The molecule has 1 spiro atoms. The Labute approximate surface area is 214 Å². The highest BCUT2D eigenvalue weighted by Crippen LogP contribution is 2.64. The first-order valence-corrected chi connectivity index (χ1v) is 11.4. The molecule has 2 fully saturated rings. The molecule has 238 valence electrons. The van der Waals surface area contributed by atoms with Crippen molar-refractivity contribution in [3.05, 3.63) is 12.2 Å². The number of carbonyl (C=O) groups excluding carboxylic acids is 2. The highest BCUT2D eigenvalue weighted by molar-refractivity contribution is 7.87. The molecule has 3 aliphatic rings. The third kappa shape index (κ3) is 4.27. The van der Waals surface area contributed by atoms with E-state index >= 15 is 0 Å². The van der Waals surface area contributed by atoms with Gasteiger partial charge in [0.25, 0.3) is 0 Å². The van der Waals surface area contributed by atoms with Crippen molar-refractivity contribution in [2.24, 2.45) is 17.3 Å². The summed E-state index contributed by atoms with van der Waals surface area (Å²) in [6.45, 7) is 0. The minimum Gasteiger partial charge on any atom is -0.295 e. The summed E-state index contributed by atoms with van der Waals surface area (Å²) in [4.78, 5) is 22.6. The molecule has 2 atom stereocenters. The minimum atomic E-state index is -8.89. The second-order valence-corrected chi connectivity index (χ2v) is 10.3. The van der Waals surface area contributed by atoms with Crippen LogP contribution in [-0.4, -0.2) is 71.8 Å². The van der Waals surface area contributed by atoms with E-state index in [-0.39, 0.29) is 17.7 Å². The quantitative estimate of drug-likeness (QED) is 0.130. The number of hydrogen-bond acceptors (Lipinski definition) is 4. The summed E-state index contributed by atoms with van der Waals surface area (Å²) < 4.78 is 242. The highest BCUT2D eigenvalue weighted by atomic mass is 32.2. The molecule has 41 heavy (non-hydrogen) atoms. The maximum Gasteiger partial charge on any atom is 0.460 e. The molecule has 1 saturated carbocycles. The number of β-lactam (4-membered cyclic amide) rings is 2. The summed E-state index contributed by atoms with van der Waals surface area (Å²) in [6.07, 6.45) is -1.97. The van der Waals surface area contributed by atoms with Crippen molar-refractivity contribution in [1.29, 1.82) is 0 Å². The standard InChI is InChI=1S/C9H9NO2.C8HF17O3S/c11-7-9(8(12)10-7)4-5-1-2-6(9)3-5;9-1(10,3(13,14)5(17,18)7(21,22)23)2(11,12)4(15,16)6(19,20)8(24,25)29(26,27)28/h1-2,5-6H,3-4H2,(H,10,11,12);(H,26,27,28). The number of fused-ring (bicyclic) bond motifs is 3. The molecule has 0 aromatic rings. The molecule has 1 saturated heterocycles. The summed E-state index contributed by atoms with van der Waals surface area (Å²) in [7, 11) is -7.89. The van der Waals surface area contributed by atoms with Gasteiger partial charge in [-0.2, -0.15) is 83.1 Å². The third-order valence-corrected chi connectivity index (χ3v) is 7.35. The van der Waals surface area contributed by atoms with Gasteiger partial charge >= 0.3 is 57.1 Å². The van der Waals surface area contributed by atoms with Crippen LogP contribution >= 0.6 is 0 Å². The molecule has 1 heterocycles. The van der Waals surface area contributed by atoms with Gasteiger partial charge in [0.1, 0.15) is 5.41 Å². The predicted molar refractivity (Wildman–Crippen MR) is 93.2 cm³/mol. The topological polar surface area (TPSA) is 101 Å². The molecule has 2 N–H and O–H groups in total. The lowest BCUT2D eigenvalue weighted by Gasteiger charge is -2.42. The third-order valence-electron chi connectivity index (χ3n) is 6.44. The molecule has 2 bridgehead atoms. The number of allylic oxidation sites excluding steroid dienone is 2. The SMILES string of the molecule is O=C1NC(=O)C12CC1C=CC2C1.O=S(=O)(O)C(F)(F)C(F)(F)C(F)(F)C(F)(F)C(F)(F)C(F)(F)C(F)(F)C(F)(F)F. The van der Waals surface area contributed by atoms with Gasteiger partial charge in [0.15, 0.2) is 0 Å². The lowest BCUT2D eigenvalue weighted by Crippen LogP contribution is -2.74. The van der Waals surface area contributed by atoms with E-state index in [0.717, 1.165) is 12.8 Å². The van der Waals surface area contributed by atoms with Crippen molar-refractivity contribution < 1.29 is 97.2 Å². The van der Waals surface area contributed by atoms with Crippen molar-refractivity contribution in [2.75, 3.05) is 0 Å². The molecule has 2 unspecified atom stereocenters. The van der Waals surface area contributed by atoms with Crippen LogP contribution in [0.25, 0.3) is 0 Å². The summed E-state index contributed by atoms with van der Waals surface area (Å²) >= 11 is 0. The number of nitrogens with one attached hydrogen (secondary N) is 1. The minimum absolute atomic E-state index is 0.0515. The van der Waals surface area contributed by atoms with Gasteiger partial charge in [-0.15, -0.1) is 0 Å². The normalized spacial score (nSPS) is 23.8. The Morgan fingerprint density at radius 3 is 1.27 bits per heavy atom. The van der Waals surface area contributed by atoms with Gasteiger partial charge in [-0.3, -0.25) is 19.5 Å². The van der Waals surface area contributed by atoms with E-state index in [1.165, 1.54) is 0 Å². The molecule has 6 nitrogen and oxygen atoms in total. The summed E-state index contributed by atoms with van der Waals surface area (Å²) in [5, 5.41) is -5.53. The zero-order valence-electron chi connectivity index (χ0n) is 18.6. The lowest BCUT2D eigenvalue weighted by atomic mass is 9.69. The van der Waals surface area contributed by atoms with Crippen LogP contribution in [0.4, 0.5) is 74.6 Å². The van der Waals surface area contributed by atoms with E-state index in [0.29, 0.717) is 5.92 Å². The number of carbonyl (C=O) groups is 2. The van der Waals surface area contributed by atoms with Crippen molar-refractivity contribution >= 4 is 21.9 Å². The average molecular weight is 663 g/mol. The summed E-state index contributed by atoms with van der Waals surface area (Å²) in [5.41, 5.74) is -0.626. The molecular formula is C17H10F17NO5S. The molecule has 0 aromatic carbocycles. The van der Waals surface area contributed by atoms with Crippen LogP contribution in [0.2, 0.25) is 0 Å². The average Bonchev–Trinajstić information content (AvgIpc) is 3.40. The maximum atomic E-state index is 13.0. The van der Waals surface area contributed by atoms with Gasteiger partial charge in [-0.25, -0.2) is 0 Å². The molecule has 1 aliphatic heterocycles. The van der Waals surface area contributed by atoms with Crippen LogP contribution < -0.4 is 5.32 Å². The van der Waals surface area contributed by atoms with Crippen LogP contribution in [-0.2, 0) is 19.7 Å². The summed E-state index contributed by atoms with van der Waals surface area (Å²) in [5.74, 6) is -51.4. The summed E-state index contributed by atoms with van der Waals surface area (Å²) in [6, 6.07) is 0. The first-order valence-electron chi connectivity index (χ1n) is 9.96. The fourth-order valence-electron chi connectivity index (χ4n) is 4.06. The highest BCUT2D eigenvalue weighted by Gasteiger charge is 2.96. The number of rotatable bonds is 7. The van der Waals surface area contributed by atoms with Gasteiger partial charge in [-0.1, -0.05) is 12.2 Å². The second-order valence-electron chi connectivity index (χ2n) is 8.88. The molecule has 2 amide bonds. The zero-order chi connectivity index (χ0) is 32.8. The largest absolute Gasteiger partial charge is 0.460 e. The number of amides is 2. The molecule has 24 heteroatoms. The Bertz CT molecular complexity index is 1230. The Hall–Kier alpha value is -2.40. The van der Waals surface area contributed by atoms with Gasteiger partial charge in [-0.05, 0) is 18.8 Å². The Morgan fingerprint density at radius 2 is 1.02 bits per heavy atom. The fraction of sp³-hybridized carbons (Fsp3) is 0.765. The van der Waals surface area contributed by atoms with Gasteiger partial charge in [0, 0.05) is 5.92 Å².